The minimum Gasteiger partial charge on any atom is -0.388 e. The number of unbranched alkanes of at least 4 members (excludes halogenated alkanes) is 1. The van der Waals surface area contributed by atoms with E-state index in [-0.39, 0.29) is 5.97 Å². The summed E-state index contributed by atoms with van der Waals surface area (Å²) in [7, 11) is 0. The number of benzene rings is 1. The zero-order chi connectivity index (χ0) is 10.2. The van der Waals surface area contributed by atoms with Crippen molar-refractivity contribution in [1.82, 2.24) is 0 Å². The van der Waals surface area contributed by atoms with Crippen LogP contribution in [0.15, 0.2) is 30.3 Å². The molecule has 1 aromatic carbocycles. The summed E-state index contributed by atoms with van der Waals surface area (Å²) in [5.74, 6) is 0.612. The minimum atomic E-state index is -0.258. The molecule has 0 atom stereocenters. The first-order valence-electron chi connectivity index (χ1n) is 4.73. The fourth-order valence-electron chi connectivity index (χ4n) is 0.921. The SMILES string of the molecule is CCCCSOC(=O)c1ccccc1. The standard InChI is InChI=1S/C11H14O2S/c1-2-3-9-14-13-11(12)10-7-5-4-6-8-10/h4-8H,2-3,9H2,1H3. The van der Waals surface area contributed by atoms with Gasteiger partial charge < -0.3 is 4.18 Å². The molecule has 0 aliphatic carbocycles. The van der Waals surface area contributed by atoms with E-state index in [9.17, 15) is 4.79 Å². The largest absolute Gasteiger partial charge is 0.388 e. The number of carbonyl (C=O) groups excluding carboxylic acids is 1. The van der Waals surface area contributed by atoms with Crippen LogP contribution in [-0.4, -0.2) is 11.7 Å². The minimum absolute atomic E-state index is 0.258. The molecule has 0 radical (unpaired) electrons. The molecule has 0 bridgehead atoms. The summed E-state index contributed by atoms with van der Waals surface area (Å²) in [6.07, 6.45) is 2.20. The summed E-state index contributed by atoms with van der Waals surface area (Å²) in [6, 6.07) is 9.03. The van der Waals surface area contributed by atoms with E-state index >= 15 is 0 Å². The van der Waals surface area contributed by atoms with E-state index in [0.29, 0.717) is 5.56 Å². The van der Waals surface area contributed by atoms with E-state index in [1.165, 1.54) is 12.0 Å². The van der Waals surface area contributed by atoms with E-state index in [2.05, 4.69) is 6.92 Å². The van der Waals surface area contributed by atoms with Gasteiger partial charge in [0.25, 0.3) is 0 Å². The van der Waals surface area contributed by atoms with Crippen LogP contribution in [0.4, 0.5) is 0 Å². The normalized spacial score (nSPS) is 9.79. The van der Waals surface area contributed by atoms with Crippen molar-refractivity contribution in [3.05, 3.63) is 35.9 Å². The Kier molecular flexibility index (Phi) is 5.15. The van der Waals surface area contributed by atoms with Crippen LogP contribution in [0.3, 0.4) is 0 Å². The molecule has 0 fully saturated rings. The van der Waals surface area contributed by atoms with Gasteiger partial charge in [-0.1, -0.05) is 31.5 Å². The van der Waals surface area contributed by atoms with Crippen molar-refractivity contribution < 1.29 is 8.98 Å². The van der Waals surface area contributed by atoms with Gasteiger partial charge in [0, 0.05) is 5.75 Å². The number of hydrogen-bond acceptors (Lipinski definition) is 3. The average molecular weight is 210 g/mol. The second kappa shape index (κ2) is 6.49. The molecular weight excluding hydrogens is 196 g/mol. The van der Waals surface area contributed by atoms with Crippen molar-refractivity contribution in [2.75, 3.05) is 5.75 Å². The molecule has 0 aliphatic rings. The topological polar surface area (TPSA) is 26.3 Å². The Balaban J connectivity index is 2.29. The van der Waals surface area contributed by atoms with Gasteiger partial charge in [-0.15, -0.1) is 0 Å². The van der Waals surface area contributed by atoms with Gasteiger partial charge in [-0.05, 0) is 18.6 Å². The molecule has 0 amide bonds. The highest BCUT2D eigenvalue weighted by atomic mass is 32.2. The first-order chi connectivity index (χ1) is 6.84. The summed E-state index contributed by atoms with van der Waals surface area (Å²) in [4.78, 5) is 11.4. The lowest BCUT2D eigenvalue weighted by Crippen LogP contribution is -1.99. The molecule has 1 aromatic rings. The third-order valence-corrected chi connectivity index (χ3v) is 2.45. The number of carbonyl (C=O) groups is 1. The molecule has 0 aliphatic heterocycles. The fraction of sp³-hybridized carbons (Fsp3) is 0.364. The van der Waals surface area contributed by atoms with Crippen LogP contribution in [-0.2, 0) is 4.18 Å². The first kappa shape index (κ1) is 11.1. The Morgan fingerprint density at radius 1 is 1.36 bits per heavy atom. The van der Waals surface area contributed by atoms with Crippen LogP contribution in [0.2, 0.25) is 0 Å². The van der Waals surface area contributed by atoms with Crippen LogP contribution in [0, 0.1) is 0 Å². The molecule has 0 N–H and O–H groups in total. The predicted octanol–water partition coefficient (Wildman–Crippen LogP) is 3.29. The molecule has 2 nitrogen and oxygen atoms in total. The maximum atomic E-state index is 11.4. The van der Waals surface area contributed by atoms with Crippen molar-refractivity contribution in [1.29, 1.82) is 0 Å². The third-order valence-electron chi connectivity index (χ3n) is 1.73. The molecule has 1 rings (SSSR count). The van der Waals surface area contributed by atoms with Crippen LogP contribution in [0.1, 0.15) is 30.1 Å². The van der Waals surface area contributed by atoms with E-state index < -0.39 is 0 Å². The number of rotatable bonds is 5. The van der Waals surface area contributed by atoms with E-state index in [4.69, 9.17) is 4.18 Å². The molecular formula is C11H14O2S. The van der Waals surface area contributed by atoms with Crippen LogP contribution >= 0.6 is 12.0 Å². The van der Waals surface area contributed by atoms with Crippen LogP contribution in [0.25, 0.3) is 0 Å². The van der Waals surface area contributed by atoms with Crippen molar-refractivity contribution in [2.45, 2.75) is 19.8 Å². The monoisotopic (exact) mass is 210 g/mol. The molecule has 0 saturated heterocycles. The summed E-state index contributed by atoms with van der Waals surface area (Å²) in [6.45, 7) is 2.11. The molecule has 0 spiro atoms. The second-order valence-corrected chi connectivity index (χ2v) is 3.72. The third kappa shape index (κ3) is 3.83. The van der Waals surface area contributed by atoms with Gasteiger partial charge in [-0.3, -0.25) is 0 Å². The zero-order valence-corrected chi connectivity index (χ0v) is 9.05. The molecule has 76 valence electrons. The van der Waals surface area contributed by atoms with E-state index in [0.717, 1.165) is 18.6 Å². The average Bonchev–Trinajstić information content (AvgIpc) is 2.25. The Morgan fingerprint density at radius 2 is 2.07 bits per heavy atom. The second-order valence-electron chi connectivity index (χ2n) is 2.91. The van der Waals surface area contributed by atoms with Crippen LogP contribution < -0.4 is 0 Å². The lowest BCUT2D eigenvalue weighted by atomic mass is 10.2. The summed E-state index contributed by atoms with van der Waals surface area (Å²) < 4.78 is 5.01. The van der Waals surface area contributed by atoms with Crippen molar-refractivity contribution in [3.63, 3.8) is 0 Å². The lowest BCUT2D eigenvalue weighted by molar-refractivity contribution is 0.0768. The smallest absolute Gasteiger partial charge is 0.350 e. The van der Waals surface area contributed by atoms with Gasteiger partial charge >= 0.3 is 5.97 Å². The van der Waals surface area contributed by atoms with Gasteiger partial charge in [0.1, 0.15) is 0 Å². The Morgan fingerprint density at radius 3 is 2.71 bits per heavy atom. The highest BCUT2D eigenvalue weighted by Crippen LogP contribution is 2.10. The van der Waals surface area contributed by atoms with E-state index in [1.54, 1.807) is 12.1 Å². The van der Waals surface area contributed by atoms with Gasteiger partial charge in [0.15, 0.2) is 0 Å². The molecule has 0 saturated carbocycles. The highest BCUT2D eigenvalue weighted by molar-refractivity contribution is 7.95. The van der Waals surface area contributed by atoms with Crippen molar-refractivity contribution in [2.24, 2.45) is 0 Å². The fourth-order valence-corrected chi connectivity index (χ4v) is 1.61. The summed E-state index contributed by atoms with van der Waals surface area (Å²) >= 11 is 1.23. The van der Waals surface area contributed by atoms with Gasteiger partial charge in [0.2, 0.25) is 0 Å². The molecule has 0 unspecified atom stereocenters. The maximum Gasteiger partial charge on any atom is 0.350 e. The van der Waals surface area contributed by atoms with Gasteiger partial charge in [-0.2, -0.15) is 0 Å². The first-order valence-corrected chi connectivity index (χ1v) is 5.64. The molecule has 0 aromatic heterocycles. The predicted molar refractivity (Wildman–Crippen MR) is 59.2 cm³/mol. The summed E-state index contributed by atoms with van der Waals surface area (Å²) in [5.41, 5.74) is 0.608. The molecule has 14 heavy (non-hydrogen) atoms. The Bertz CT molecular complexity index is 272. The number of hydrogen-bond donors (Lipinski definition) is 0. The van der Waals surface area contributed by atoms with Gasteiger partial charge in [0.05, 0.1) is 17.6 Å². The Labute approximate surface area is 88.9 Å². The molecule has 0 heterocycles. The lowest BCUT2D eigenvalue weighted by Gasteiger charge is -2.01. The van der Waals surface area contributed by atoms with Crippen LogP contribution in [0.5, 0.6) is 0 Å². The van der Waals surface area contributed by atoms with Crippen molar-refractivity contribution >= 4 is 18.0 Å². The van der Waals surface area contributed by atoms with E-state index in [1.807, 2.05) is 18.2 Å². The molecule has 3 heteroatoms. The zero-order valence-electron chi connectivity index (χ0n) is 8.23. The Hall–Kier alpha value is -0.960. The highest BCUT2D eigenvalue weighted by Gasteiger charge is 2.05. The quantitative estimate of drug-likeness (QED) is 0.551. The van der Waals surface area contributed by atoms with Gasteiger partial charge in [-0.25, -0.2) is 4.79 Å². The van der Waals surface area contributed by atoms with Crippen molar-refractivity contribution in [3.8, 4) is 0 Å². The summed E-state index contributed by atoms with van der Waals surface area (Å²) in [5, 5.41) is 0. The maximum absolute atomic E-state index is 11.4.